The number of methoxy groups -OCH3 is 2. The number of rotatable bonds is 10. The lowest BCUT2D eigenvalue weighted by atomic mass is 10.1. The molecule has 7 nitrogen and oxygen atoms in total. The first-order valence-electron chi connectivity index (χ1n) is 9.78. The molecule has 0 aliphatic rings. The number of nitrogens with zero attached hydrogens (tertiary/aromatic N) is 1. The maximum absolute atomic E-state index is 12.7. The van der Waals surface area contributed by atoms with Crippen molar-refractivity contribution in [1.29, 1.82) is 0 Å². The van der Waals surface area contributed by atoms with E-state index in [-0.39, 0.29) is 5.91 Å². The summed E-state index contributed by atoms with van der Waals surface area (Å²) in [6.07, 6.45) is 2.53. The van der Waals surface area contributed by atoms with Gasteiger partial charge < -0.3 is 14.8 Å². The molecule has 0 saturated carbocycles. The van der Waals surface area contributed by atoms with Crippen LogP contribution in [0.1, 0.15) is 25.0 Å². The Morgan fingerprint density at radius 1 is 1.03 bits per heavy atom. The fraction of sp³-hybridized carbons (Fsp3) is 0.409. The molecular formula is C22H30N2O5S. The van der Waals surface area contributed by atoms with Crippen LogP contribution in [-0.4, -0.2) is 47.4 Å². The highest BCUT2D eigenvalue weighted by Gasteiger charge is 2.28. The van der Waals surface area contributed by atoms with Crippen LogP contribution in [0.5, 0.6) is 11.5 Å². The minimum Gasteiger partial charge on any atom is -0.493 e. The van der Waals surface area contributed by atoms with E-state index in [1.165, 1.54) is 0 Å². The Morgan fingerprint density at radius 2 is 1.63 bits per heavy atom. The van der Waals surface area contributed by atoms with E-state index in [4.69, 9.17) is 9.47 Å². The Balaban J connectivity index is 2.06. The SMILES string of the molecule is CCc1ccc(N([C@H](C)C(=O)NCCc2ccc(OC)c(OC)c2)S(C)(=O)=O)cc1. The number of ether oxygens (including phenoxy) is 2. The van der Waals surface area contributed by atoms with E-state index in [2.05, 4.69) is 5.32 Å². The summed E-state index contributed by atoms with van der Waals surface area (Å²) in [5.41, 5.74) is 2.53. The van der Waals surface area contributed by atoms with Crippen molar-refractivity contribution in [2.24, 2.45) is 0 Å². The third-order valence-electron chi connectivity index (χ3n) is 4.85. The van der Waals surface area contributed by atoms with E-state index in [1.54, 1.807) is 33.3 Å². The lowest BCUT2D eigenvalue weighted by Gasteiger charge is -2.28. The molecule has 164 valence electrons. The van der Waals surface area contributed by atoms with Gasteiger partial charge in [0, 0.05) is 6.54 Å². The Bertz CT molecular complexity index is 958. The van der Waals surface area contributed by atoms with E-state index < -0.39 is 16.1 Å². The molecule has 1 amide bonds. The van der Waals surface area contributed by atoms with Gasteiger partial charge in [-0.1, -0.05) is 25.1 Å². The number of hydrogen-bond donors (Lipinski definition) is 1. The molecule has 0 radical (unpaired) electrons. The molecular weight excluding hydrogens is 404 g/mol. The van der Waals surface area contributed by atoms with Gasteiger partial charge in [0.25, 0.3) is 0 Å². The van der Waals surface area contributed by atoms with Crippen LogP contribution in [-0.2, 0) is 27.7 Å². The second-order valence-corrected chi connectivity index (χ2v) is 8.84. The molecule has 30 heavy (non-hydrogen) atoms. The quantitative estimate of drug-likeness (QED) is 0.622. The van der Waals surface area contributed by atoms with Gasteiger partial charge >= 0.3 is 0 Å². The average Bonchev–Trinajstić information content (AvgIpc) is 2.73. The first-order valence-corrected chi connectivity index (χ1v) is 11.6. The Kier molecular flexibility index (Phi) is 8.11. The monoisotopic (exact) mass is 434 g/mol. The summed E-state index contributed by atoms with van der Waals surface area (Å²) in [7, 11) is -0.494. The minimum absolute atomic E-state index is 0.361. The summed E-state index contributed by atoms with van der Waals surface area (Å²) >= 11 is 0. The van der Waals surface area contributed by atoms with Gasteiger partial charge in [-0.2, -0.15) is 0 Å². The topological polar surface area (TPSA) is 84.9 Å². The molecule has 0 aliphatic carbocycles. The summed E-state index contributed by atoms with van der Waals surface area (Å²) in [6.45, 7) is 3.98. The molecule has 0 spiro atoms. The van der Waals surface area contributed by atoms with Crippen molar-refractivity contribution in [1.82, 2.24) is 5.32 Å². The molecule has 0 aromatic heterocycles. The first kappa shape index (κ1) is 23.5. The highest BCUT2D eigenvalue weighted by molar-refractivity contribution is 7.92. The maximum Gasteiger partial charge on any atom is 0.243 e. The van der Waals surface area contributed by atoms with Crippen molar-refractivity contribution < 1.29 is 22.7 Å². The van der Waals surface area contributed by atoms with Crippen molar-refractivity contribution in [2.45, 2.75) is 32.7 Å². The van der Waals surface area contributed by atoms with Gasteiger partial charge in [0.2, 0.25) is 15.9 Å². The normalized spacial score (nSPS) is 12.2. The predicted molar refractivity (Wildman–Crippen MR) is 119 cm³/mol. The standard InChI is InChI=1S/C22H30N2O5S/c1-6-17-7-10-19(11-8-17)24(30(5,26)27)16(2)22(25)23-14-13-18-9-12-20(28-3)21(15-18)29-4/h7-12,15-16H,6,13-14H2,1-5H3,(H,23,25)/t16-/m1/s1. The van der Waals surface area contributed by atoms with Gasteiger partial charge in [-0.3, -0.25) is 9.10 Å². The van der Waals surface area contributed by atoms with Gasteiger partial charge in [0.05, 0.1) is 26.2 Å². The van der Waals surface area contributed by atoms with Gasteiger partial charge in [0.1, 0.15) is 6.04 Å². The van der Waals surface area contributed by atoms with E-state index in [1.807, 2.05) is 37.3 Å². The van der Waals surface area contributed by atoms with Gasteiger partial charge in [-0.05, 0) is 55.2 Å². The van der Waals surface area contributed by atoms with Crippen LogP contribution >= 0.6 is 0 Å². The summed E-state index contributed by atoms with van der Waals surface area (Å²) in [5.74, 6) is 0.894. The smallest absolute Gasteiger partial charge is 0.243 e. The van der Waals surface area contributed by atoms with Crippen LogP contribution in [0, 0.1) is 0 Å². The number of nitrogens with one attached hydrogen (secondary N) is 1. The number of carbonyl (C=O) groups is 1. The molecule has 1 atom stereocenters. The molecule has 8 heteroatoms. The van der Waals surface area contributed by atoms with Crippen molar-refractivity contribution in [2.75, 3.05) is 31.3 Å². The van der Waals surface area contributed by atoms with Gasteiger partial charge in [-0.15, -0.1) is 0 Å². The lowest BCUT2D eigenvalue weighted by molar-refractivity contribution is -0.121. The number of amides is 1. The number of hydrogen-bond acceptors (Lipinski definition) is 5. The van der Waals surface area contributed by atoms with Crippen molar-refractivity contribution in [3.8, 4) is 11.5 Å². The summed E-state index contributed by atoms with van der Waals surface area (Å²) in [4.78, 5) is 12.7. The van der Waals surface area contributed by atoms with Crippen LogP contribution in [0.15, 0.2) is 42.5 Å². The van der Waals surface area contributed by atoms with Crippen LogP contribution in [0.25, 0.3) is 0 Å². The number of anilines is 1. The third-order valence-corrected chi connectivity index (χ3v) is 6.09. The van der Waals surface area contributed by atoms with Crippen molar-refractivity contribution in [3.05, 3.63) is 53.6 Å². The maximum atomic E-state index is 12.7. The molecule has 1 N–H and O–H groups in total. The van der Waals surface area contributed by atoms with Crippen molar-refractivity contribution in [3.63, 3.8) is 0 Å². The molecule has 0 saturated heterocycles. The lowest BCUT2D eigenvalue weighted by Crippen LogP contribution is -2.48. The summed E-state index contributed by atoms with van der Waals surface area (Å²) in [6, 6.07) is 11.9. The summed E-state index contributed by atoms with van der Waals surface area (Å²) < 4.78 is 36.4. The van der Waals surface area contributed by atoms with E-state index in [0.29, 0.717) is 30.2 Å². The zero-order valence-electron chi connectivity index (χ0n) is 18.1. The molecule has 0 fully saturated rings. The minimum atomic E-state index is -3.63. The molecule has 0 unspecified atom stereocenters. The summed E-state index contributed by atoms with van der Waals surface area (Å²) in [5, 5.41) is 2.82. The fourth-order valence-electron chi connectivity index (χ4n) is 3.20. The zero-order valence-corrected chi connectivity index (χ0v) is 19.0. The van der Waals surface area contributed by atoms with Gasteiger partial charge in [-0.25, -0.2) is 8.42 Å². The van der Waals surface area contributed by atoms with Crippen LogP contribution in [0.3, 0.4) is 0 Å². The molecule has 2 aromatic carbocycles. The fourth-order valence-corrected chi connectivity index (χ4v) is 4.38. The van der Waals surface area contributed by atoms with Crippen LogP contribution < -0.4 is 19.1 Å². The van der Waals surface area contributed by atoms with Crippen LogP contribution in [0.2, 0.25) is 0 Å². The zero-order chi connectivity index (χ0) is 22.3. The first-order chi connectivity index (χ1) is 14.2. The van der Waals surface area contributed by atoms with Crippen molar-refractivity contribution >= 4 is 21.6 Å². The molecule has 0 aliphatic heterocycles. The number of carbonyl (C=O) groups excluding carboxylic acids is 1. The third kappa shape index (κ3) is 5.89. The van der Waals surface area contributed by atoms with E-state index in [9.17, 15) is 13.2 Å². The molecule has 0 heterocycles. The number of benzene rings is 2. The molecule has 0 bridgehead atoms. The average molecular weight is 435 g/mol. The molecule has 2 aromatic rings. The van der Waals surface area contributed by atoms with E-state index in [0.717, 1.165) is 28.1 Å². The highest BCUT2D eigenvalue weighted by Crippen LogP contribution is 2.27. The second-order valence-electron chi connectivity index (χ2n) is 6.99. The number of aryl methyl sites for hydroxylation is 1. The highest BCUT2D eigenvalue weighted by atomic mass is 32.2. The Labute approximate surface area is 179 Å². The van der Waals surface area contributed by atoms with E-state index >= 15 is 0 Å². The molecule has 2 rings (SSSR count). The largest absolute Gasteiger partial charge is 0.493 e. The number of sulfonamides is 1. The van der Waals surface area contributed by atoms with Crippen LogP contribution in [0.4, 0.5) is 5.69 Å². The Morgan fingerprint density at radius 3 is 2.17 bits per heavy atom. The Hall–Kier alpha value is -2.74. The van der Waals surface area contributed by atoms with Gasteiger partial charge in [0.15, 0.2) is 11.5 Å². The predicted octanol–water partition coefficient (Wildman–Crippen LogP) is 2.78. The second kappa shape index (κ2) is 10.3.